The summed E-state index contributed by atoms with van der Waals surface area (Å²) in [6.07, 6.45) is 5.83. The van der Waals surface area contributed by atoms with Gasteiger partial charge in [0.15, 0.2) is 0 Å². The molecule has 0 bridgehead atoms. The molecule has 1 unspecified atom stereocenters. The van der Waals surface area contributed by atoms with Crippen LogP contribution in [0.4, 0.5) is 0 Å². The molecule has 0 aliphatic carbocycles. The van der Waals surface area contributed by atoms with Crippen molar-refractivity contribution in [2.45, 2.75) is 26.3 Å². The second kappa shape index (κ2) is 6.25. The lowest BCUT2D eigenvalue weighted by Crippen LogP contribution is -2.35. The third kappa shape index (κ3) is 3.11. The summed E-state index contributed by atoms with van der Waals surface area (Å²) in [7, 11) is 1.85. The highest BCUT2D eigenvalue weighted by molar-refractivity contribution is 5.95. The number of amides is 1. The zero-order valence-corrected chi connectivity index (χ0v) is 13.5. The molecule has 1 aliphatic heterocycles. The quantitative estimate of drug-likeness (QED) is 0.874. The van der Waals surface area contributed by atoms with Crippen molar-refractivity contribution in [1.29, 1.82) is 5.26 Å². The smallest absolute Gasteiger partial charge is 0.253 e. The molecule has 0 saturated heterocycles. The molecule has 0 fully saturated rings. The Kier molecular flexibility index (Phi) is 4.16. The van der Waals surface area contributed by atoms with E-state index in [-0.39, 0.29) is 5.91 Å². The summed E-state index contributed by atoms with van der Waals surface area (Å²) >= 11 is 0. The fourth-order valence-electron chi connectivity index (χ4n) is 3.22. The predicted molar refractivity (Wildman–Crippen MR) is 86.9 cm³/mol. The number of fused-ring (bicyclic) bond motifs is 1. The number of carbonyl (C=O) groups excluding carboxylic acids is 1. The van der Waals surface area contributed by atoms with Gasteiger partial charge < -0.3 is 9.47 Å². The predicted octanol–water partition coefficient (Wildman–Crippen LogP) is 2.40. The molecule has 0 radical (unpaired) electrons. The Morgan fingerprint density at radius 2 is 2.35 bits per heavy atom. The molecule has 1 aliphatic rings. The van der Waals surface area contributed by atoms with Crippen molar-refractivity contribution >= 4 is 5.91 Å². The summed E-state index contributed by atoms with van der Waals surface area (Å²) in [4.78, 5) is 18.8. The van der Waals surface area contributed by atoms with Gasteiger partial charge in [0.25, 0.3) is 5.91 Å². The van der Waals surface area contributed by atoms with Crippen LogP contribution >= 0.6 is 0 Å². The third-order valence-electron chi connectivity index (χ3n) is 4.52. The van der Waals surface area contributed by atoms with E-state index in [9.17, 15) is 4.79 Å². The first-order chi connectivity index (χ1) is 11.1. The van der Waals surface area contributed by atoms with Crippen LogP contribution in [0.5, 0.6) is 0 Å². The zero-order valence-electron chi connectivity index (χ0n) is 13.5. The Bertz CT molecular complexity index is 772. The van der Waals surface area contributed by atoms with Crippen molar-refractivity contribution in [3.63, 3.8) is 0 Å². The average Bonchev–Trinajstić information content (AvgIpc) is 3.01. The van der Waals surface area contributed by atoms with Gasteiger partial charge >= 0.3 is 0 Å². The maximum Gasteiger partial charge on any atom is 0.253 e. The molecule has 1 aromatic heterocycles. The minimum atomic E-state index is 0.0147. The molecule has 118 valence electrons. The summed E-state index contributed by atoms with van der Waals surface area (Å²) in [6.45, 7) is 3.57. The molecule has 2 aromatic rings. The Balaban J connectivity index is 1.68. The van der Waals surface area contributed by atoms with Gasteiger partial charge in [-0.05, 0) is 43.0 Å². The summed E-state index contributed by atoms with van der Waals surface area (Å²) in [5.74, 6) is 1.56. The third-order valence-corrected chi connectivity index (χ3v) is 4.52. The van der Waals surface area contributed by atoms with Gasteiger partial charge in [0, 0.05) is 44.5 Å². The van der Waals surface area contributed by atoms with E-state index in [1.807, 2.05) is 26.4 Å². The highest BCUT2D eigenvalue weighted by Crippen LogP contribution is 2.21. The number of aryl methyl sites for hydroxylation is 2. The SMILES string of the molecule is Cc1cc(C#N)ccc1C(=O)N(C)CC1CCn2ccnc2C1. The highest BCUT2D eigenvalue weighted by Gasteiger charge is 2.23. The molecule has 2 heterocycles. The van der Waals surface area contributed by atoms with Crippen LogP contribution in [0.25, 0.3) is 0 Å². The lowest BCUT2D eigenvalue weighted by Gasteiger charge is -2.28. The Morgan fingerprint density at radius 1 is 1.52 bits per heavy atom. The van der Waals surface area contributed by atoms with Crippen molar-refractivity contribution in [1.82, 2.24) is 14.5 Å². The van der Waals surface area contributed by atoms with Crippen molar-refractivity contribution in [3.05, 3.63) is 53.1 Å². The average molecular weight is 308 g/mol. The van der Waals surface area contributed by atoms with Crippen LogP contribution in [0.15, 0.2) is 30.6 Å². The maximum absolute atomic E-state index is 12.7. The van der Waals surface area contributed by atoms with Gasteiger partial charge in [-0.2, -0.15) is 5.26 Å². The Hall–Kier alpha value is -2.61. The number of imidazole rings is 1. The number of hydrogen-bond donors (Lipinski definition) is 0. The summed E-state index contributed by atoms with van der Waals surface area (Å²) in [6, 6.07) is 7.31. The fraction of sp³-hybridized carbons (Fsp3) is 0.389. The molecule has 23 heavy (non-hydrogen) atoms. The summed E-state index contributed by atoms with van der Waals surface area (Å²) in [5, 5.41) is 8.93. The minimum absolute atomic E-state index is 0.0147. The molecule has 3 rings (SSSR count). The van der Waals surface area contributed by atoms with E-state index in [4.69, 9.17) is 5.26 Å². The van der Waals surface area contributed by atoms with E-state index in [1.54, 1.807) is 23.1 Å². The van der Waals surface area contributed by atoms with Gasteiger partial charge in [0.2, 0.25) is 0 Å². The lowest BCUT2D eigenvalue weighted by atomic mass is 9.96. The largest absolute Gasteiger partial charge is 0.341 e. The molecule has 0 N–H and O–H groups in total. The first-order valence-corrected chi connectivity index (χ1v) is 7.84. The van der Waals surface area contributed by atoms with Crippen LogP contribution in [0.2, 0.25) is 0 Å². The Labute approximate surface area is 136 Å². The molecule has 0 spiro atoms. The van der Waals surface area contributed by atoms with Gasteiger partial charge in [-0.25, -0.2) is 4.98 Å². The topological polar surface area (TPSA) is 61.9 Å². The number of rotatable bonds is 3. The van der Waals surface area contributed by atoms with Gasteiger partial charge in [-0.1, -0.05) is 0 Å². The number of nitriles is 1. The number of nitrogens with zero attached hydrogens (tertiary/aromatic N) is 4. The standard InChI is InChI=1S/C18H20N4O/c1-13-9-14(11-19)3-4-16(13)18(23)21(2)12-15-5-7-22-8-6-20-17(22)10-15/h3-4,6,8-9,15H,5,7,10,12H2,1-2H3. The highest BCUT2D eigenvalue weighted by atomic mass is 16.2. The van der Waals surface area contributed by atoms with E-state index in [0.717, 1.165) is 37.3 Å². The second-order valence-electron chi connectivity index (χ2n) is 6.22. The Morgan fingerprint density at radius 3 is 3.09 bits per heavy atom. The van der Waals surface area contributed by atoms with E-state index in [2.05, 4.69) is 15.6 Å². The monoisotopic (exact) mass is 308 g/mol. The van der Waals surface area contributed by atoms with Crippen LogP contribution in [0.1, 0.15) is 33.7 Å². The van der Waals surface area contributed by atoms with Crippen LogP contribution in [-0.2, 0) is 13.0 Å². The summed E-state index contributed by atoms with van der Waals surface area (Å²) < 4.78 is 2.18. The lowest BCUT2D eigenvalue weighted by molar-refractivity contribution is 0.0763. The molecular weight excluding hydrogens is 288 g/mol. The zero-order chi connectivity index (χ0) is 16.4. The minimum Gasteiger partial charge on any atom is -0.341 e. The van der Waals surface area contributed by atoms with Crippen molar-refractivity contribution in [2.75, 3.05) is 13.6 Å². The van der Waals surface area contributed by atoms with Crippen LogP contribution in [-0.4, -0.2) is 34.0 Å². The first kappa shape index (κ1) is 15.3. The number of hydrogen-bond acceptors (Lipinski definition) is 3. The van der Waals surface area contributed by atoms with Crippen LogP contribution < -0.4 is 0 Å². The van der Waals surface area contributed by atoms with Crippen LogP contribution in [0.3, 0.4) is 0 Å². The van der Waals surface area contributed by atoms with Crippen molar-refractivity contribution in [2.24, 2.45) is 5.92 Å². The van der Waals surface area contributed by atoms with Gasteiger partial charge in [0.1, 0.15) is 5.82 Å². The summed E-state index contributed by atoms with van der Waals surface area (Å²) in [5.41, 5.74) is 2.10. The first-order valence-electron chi connectivity index (χ1n) is 7.84. The number of aromatic nitrogens is 2. The van der Waals surface area contributed by atoms with Gasteiger partial charge in [-0.15, -0.1) is 0 Å². The van der Waals surface area contributed by atoms with Gasteiger partial charge in [0.05, 0.1) is 11.6 Å². The van der Waals surface area contributed by atoms with E-state index in [0.29, 0.717) is 17.0 Å². The maximum atomic E-state index is 12.7. The normalized spacial score (nSPS) is 16.5. The molecule has 1 aromatic carbocycles. The number of carbonyl (C=O) groups is 1. The van der Waals surface area contributed by atoms with Crippen molar-refractivity contribution < 1.29 is 4.79 Å². The van der Waals surface area contributed by atoms with E-state index >= 15 is 0 Å². The van der Waals surface area contributed by atoms with Crippen LogP contribution in [0, 0.1) is 24.2 Å². The molecular formula is C18H20N4O. The fourth-order valence-corrected chi connectivity index (χ4v) is 3.22. The van der Waals surface area contributed by atoms with Gasteiger partial charge in [-0.3, -0.25) is 4.79 Å². The molecule has 1 amide bonds. The molecule has 5 nitrogen and oxygen atoms in total. The van der Waals surface area contributed by atoms with Crippen molar-refractivity contribution in [3.8, 4) is 6.07 Å². The van der Waals surface area contributed by atoms with E-state index in [1.165, 1.54) is 0 Å². The second-order valence-corrected chi connectivity index (χ2v) is 6.22. The number of benzene rings is 1. The molecule has 5 heteroatoms. The van der Waals surface area contributed by atoms with E-state index < -0.39 is 0 Å². The molecule has 0 saturated carbocycles. The molecule has 1 atom stereocenters.